The molecular formula is C12H19N3O2S. The molecule has 0 aromatic heterocycles. The van der Waals surface area contributed by atoms with Crippen LogP contribution in [0.1, 0.15) is 24.5 Å². The Morgan fingerprint density at radius 2 is 2.17 bits per heavy atom. The Morgan fingerprint density at radius 3 is 2.94 bits per heavy atom. The molecule has 0 amide bonds. The molecule has 0 fully saturated rings. The molecule has 1 aliphatic rings. The van der Waals surface area contributed by atoms with Gasteiger partial charge in [0.05, 0.1) is 5.69 Å². The fourth-order valence-corrected chi connectivity index (χ4v) is 2.95. The van der Waals surface area contributed by atoms with E-state index in [9.17, 15) is 8.42 Å². The van der Waals surface area contributed by atoms with Crippen molar-refractivity contribution in [3.05, 3.63) is 29.3 Å². The second-order valence-corrected chi connectivity index (χ2v) is 5.91. The van der Waals surface area contributed by atoms with E-state index in [4.69, 9.17) is 0 Å². The van der Waals surface area contributed by atoms with Crippen molar-refractivity contribution in [3.8, 4) is 0 Å². The van der Waals surface area contributed by atoms with Crippen molar-refractivity contribution in [3.63, 3.8) is 0 Å². The van der Waals surface area contributed by atoms with Gasteiger partial charge >= 0.3 is 0 Å². The Labute approximate surface area is 108 Å². The maximum Gasteiger partial charge on any atom is 0.299 e. The molecule has 0 unspecified atom stereocenters. The molecule has 0 saturated carbocycles. The van der Waals surface area contributed by atoms with Crippen LogP contribution in [0.5, 0.6) is 0 Å². The molecule has 0 aliphatic carbocycles. The van der Waals surface area contributed by atoms with Crippen LogP contribution in [0.3, 0.4) is 0 Å². The zero-order valence-corrected chi connectivity index (χ0v) is 11.3. The average molecular weight is 269 g/mol. The first-order valence-electron chi connectivity index (χ1n) is 6.20. The summed E-state index contributed by atoms with van der Waals surface area (Å²) in [7, 11) is -3.44. The summed E-state index contributed by atoms with van der Waals surface area (Å²) in [6.45, 7) is 4.15. The zero-order chi connectivity index (χ0) is 13.0. The highest BCUT2D eigenvalue weighted by Gasteiger charge is 2.12. The molecule has 0 bridgehead atoms. The number of hydrogen-bond donors (Lipinski definition) is 3. The number of nitrogens with one attached hydrogen (secondary N) is 3. The van der Waals surface area contributed by atoms with Crippen LogP contribution < -0.4 is 14.8 Å². The van der Waals surface area contributed by atoms with Gasteiger partial charge in [-0.15, -0.1) is 0 Å². The number of benzene rings is 1. The normalized spacial score (nSPS) is 15.2. The molecular weight excluding hydrogens is 250 g/mol. The number of rotatable bonds is 5. The molecule has 0 spiro atoms. The minimum atomic E-state index is -3.44. The van der Waals surface area contributed by atoms with Crippen molar-refractivity contribution >= 4 is 15.9 Å². The fraction of sp³-hybridized carbons (Fsp3) is 0.500. The highest BCUT2D eigenvalue weighted by molar-refractivity contribution is 7.90. The first-order chi connectivity index (χ1) is 8.61. The van der Waals surface area contributed by atoms with Crippen LogP contribution in [0, 0.1) is 0 Å². The molecule has 1 heterocycles. The smallest absolute Gasteiger partial charge is 0.299 e. The van der Waals surface area contributed by atoms with Crippen LogP contribution in [0.15, 0.2) is 18.2 Å². The lowest BCUT2D eigenvalue weighted by atomic mass is 10.0. The van der Waals surface area contributed by atoms with E-state index in [0.29, 0.717) is 12.2 Å². The predicted octanol–water partition coefficient (Wildman–Crippen LogP) is 0.989. The number of hydrogen-bond acceptors (Lipinski definition) is 3. The first-order valence-corrected chi connectivity index (χ1v) is 7.69. The van der Waals surface area contributed by atoms with Crippen molar-refractivity contribution in [2.45, 2.75) is 26.3 Å². The lowest BCUT2D eigenvalue weighted by Crippen LogP contribution is -2.31. The Kier molecular flexibility index (Phi) is 4.21. The van der Waals surface area contributed by atoms with Crippen molar-refractivity contribution in [1.29, 1.82) is 0 Å². The van der Waals surface area contributed by atoms with Crippen LogP contribution in [0.25, 0.3) is 0 Å². The van der Waals surface area contributed by atoms with Gasteiger partial charge in [0.25, 0.3) is 10.2 Å². The van der Waals surface area contributed by atoms with Gasteiger partial charge in [-0.3, -0.25) is 4.72 Å². The van der Waals surface area contributed by atoms with E-state index in [1.54, 1.807) is 0 Å². The third-order valence-electron chi connectivity index (χ3n) is 2.89. The topological polar surface area (TPSA) is 70.2 Å². The molecule has 1 aromatic rings. The third-order valence-corrected chi connectivity index (χ3v) is 3.98. The second kappa shape index (κ2) is 5.69. The first kappa shape index (κ1) is 13.3. The molecule has 1 aliphatic heterocycles. The van der Waals surface area contributed by atoms with Crippen molar-refractivity contribution < 1.29 is 8.42 Å². The van der Waals surface area contributed by atoms with Gasteiger partial charge in [0.2, 0.25) is 0 Å². The molecule has 2 rings (SSSR count). The van der Waals surface area contributed by atoms with E-state index >= 15 is 0 Å². The summed E-state index contributed by atoms with van der Waals surface area (Å²) in [6.07, 6.45) is 1.77. The van der Waals surface area contributed by atoms with Crippen molar-refractivity contribution in [2.75, 3.05) is 17.8 Å². The van der Waals surface area contributed by atoms with E-state index in [1.807, 2.05) is 25.1 Å². The highest BCUT2D eigenvalue weighted by Crippen LogP contribution is 2.19. The Hall–Kier alpha value is -1.11. The molecule has 5 nitrogen and oxygen atoms in total. The fourth-order valence-electron chi connectivity index (χ4n) is 1.97. The molecule has 0 radical (unpaired) electrons. The van der Waals surface area contributed by atoms with Gasteiger partial charge in [-0.1, -0.05) is 13.0 Å². The maximum absolute atomic E-state index is 11.7. The van der Waals surface area contributed by atoms with Gasteiger partial charge < -0.3 is 5.32 Å². The second-order valence-electron chi connectivity index (χ2n) is 4.41. The Balaban J connectivity index is 2.10. The maximum atomic E-state index is 11.7. The molecule has 100 valence electrons. The van der Waals surface area contributed by atoms with Gasteiger partial charge in [0.1, 0.15) is 0 Å². The van der Waals surface area contributed by atoms with Gasteiger partial charge in [-0.05, 0) is 42.6 Å². The van der Waals surface area contributed by atoms with E-state index in [1.165, 1.54) is 5.56 Å². The summed E-state index contributed by atoms with van der Waals surface area (Å²) in [5, 5.41) is 3.27. The lowest BCUT2D eigenvalue weighted by molar-refractivity contribution is 0.586. The zero-order valence-electron chi connectivity index (χ0n) is 10.5. The van der Waals surface area contributed by atoms with Crippen LogP contribution in [-0.4, -0.2) is 21.5 Å². The summed E-state index contributed by atoms with van der Waals surface area (Å²) in [4.78, 5) is 0. The summed E-state index contributed by atoms with van der Waals surface area (Å²) in [5.41, 5.74) is 3.07. The van der Waals surface area contributed by atoms with Crippen LogP contribution in [0.2, 0.25) is 0 Å². The lowest BCUT2D eigenvalue weighted by Gasteiger charge is -2.18. The summed E-state index contributed by atoms with van der Waals surface area (Å²) in [6, 6.07) is 5.70. The van der Waals surface area contributed by atoms with E-state index in [2.05, 4.69) is 14.8 Å². The van der Waals surface area contributed by atoms with Gasteiger partial charge in [0.15, 0.2) is 0 Å². The van der Waals surface area contributed by atoms with Crippen LogP contribution >= 0.6 is 0 Å². The predicted molar refractivity (Wildman–Crippen MR) is 72.7 cm³/mol. The van der Waals surface area contributed by atoms with E-state index in [0.717, 1.165) is 31.5 Å². The number of anilines is 1. The third kappa shape index (κ3) is 3.44. The standard InChI is InChI=1S/C12H19N3O2S/c1-2-6-14-18(16,17)15-12-4-3-10-5-7-13-9-11(10)8-12/h3-4,8,13-15H,2,5-7,9H2,1H3. The molecule has 18 heavy (non-hydrogen) atoms. The van der Waals surface area contributed by atoms with Gasteiger partial charge in [-0.25, -0.2) is 0 Å². The quantitative estimate of drug-likeness (QED) is 0.746. The monoisotopic (exact) mass is 269 g/mol. The molecule has 3 N–H and O–H groups in total. The largest absolute Gasteiger partial charge is 0.312 e. The molecule has 0 atom stereocenters. The van der Waals surface area contributed by atoms with Gasteiger partial charge in [0, 0.05) is 13.1 Å². The summed E-state index contributed by atoms with van der Waals surface area (Å²) < 4.78 is 28.4. The van der Waals surface area contributed by atoms with E-state index in [-0.39, 0.29) is 0 Å². The minimum absolute atomic E-state index is 0.446. The van der Waals surface area contributed by atoms with E-state index < -0.39 is 10.2 Å². The molecule has 6 heteroatoms. The Bertz CT molecular complexity index is 514. The van der Waals surface area contributed by atoms with Crippen LogP contribution in [-0.2, 0) is 23.2 Å². The SMILES string of the molecule is CCCNS(=O)(=O)Nc1ccc2c(c1)CNCC2. The molecule has 1 aromatic carbocycles. The molecule has 0 saturated heterocycles. The minimum Gasteiger partial charge on any atom is -0.312 e. The van der Waals surface area contributed by atoms with Crippen LogP contribution in [0.4, 0.5) is 5.69 Å². The van der Waals surface area contributed by atoms with Crippen molar-refractivity contribution in [1.82, 2.24) is 10.0 Å². The van der Waals surface area contributed by atoms with Gasteiger partial charge in [-0.2, -0.15) is 13.1 Å². The average Bonchev–Trinajstić information content (AvgIpc) is 2.36. The summed E-state index contributed by atoms with van der Waals surface area (Å²) >= 11 is 0. The Morgan fingerprint density at radius 1 is 1.33 bits per heavy atom. The highest BCUT2D eigenvalue weighted by atomic mass is 32.2. The number of fused-ring (bicyclic) bond motifs is 1. The van der Waals surface area contributed by atoms with Crippen molar-refractivity contribution in [2.24, 2.45) is 0 Å². The summed E-state index contributed by atoms with van der Waals surface area (Å²) in [5.74, 6) is 0.